The summed E-state index contributed by atoms with van der Waals surface area (Å²) in [7, 11) is 1.78. The molecule has 3 heterocycles. The first-order valence-corrected chi connectivity index (χ1v) is 5.99. The summed E-state index contributed by atoms with van der Waals surface area (Å²) in [5, 5.41) is 0.502. The molecule has 0 aromatic carbocycles. The van der Waals surface area contributed by atoms with Crippen LogP contribution in [-0.4, -0.2) is 38.9 Å². The molecule has 0 bridgehead atoms. The topological polar surface area (TPSA) is 77.0 Å². The summed E-state index contributed by atoms with van der Waals surface area (Å²) in [4.78, 5) is 22.1. The summed E-state index contributed by atoms with van der Waals surface area (Å²) >= 11 is 5.86. The van der Waals surface area contributed by atoms with Gasteiger partial charge in [-0.2, -0.15) is 0 Å². The predicted molar refractivity (Wildman–Crippen MR) is 68.2 cm³/mol. The number of hydrogen-bond acceptors (Lipinski definition) is 4. The fourth-order valence-electron chi connectivity index (χ4n) is 2.33. The number of nitrogen functional groups attached to an aromatic ring is 1. The Hall–Kier alpha value is -1.82. The monoisotopic (exact) mass is 265 g/mol. The van der Waals surface area contributed by atoms with Crippen molar-refractivity contribution in [3.8, 4) is 0 Å². The largest absolute Gasteiger partial charge is 0.369 e. The Kier molecular flexibility index (Phi) is 2.41. The van der Waals surface area contributed by atoms with Gasteiger partial charge in [-0.1, -0.05) is 11.6 Å². The number of amides is 1. The fourth-order valence-corrected chi connectivity index (χ4v) is 2.48. The van der Waals surface area contributed by atoms with Crippen LogP contribution in [0.25, 0.3) is 11.2 Å². The number of carbonyl (C=O) groups is 1. The van der Waals surface area contributed by atoms with E-state index in [0.29, 0.717) is 22.1 Å². The highest BCUT2D eigenvalue weighted by Crippen LogP contribution is 2.29. The summed E-state index contributed by atoms with van der Waals surface area (Å²) in [6.45, 7) is 0.718. The summed E-state index contributed by atoms with van der Waals surface area (Å²) in [5.41, 5.74) is 7.10. The van der Waals surface area contributed by atoms with E-state index in [0.717, 1.165) is 13.0 Å². The van der Waals surface area contributed by atoms with Crippen LogP contribution in [0.4, 0.5) is 5.95 Å². The second kappa shape index (κ2) is 3.84. The number of anilines is 1. The average Bonchev–Trinajstić information content (AvgIpc) is 2.80. The number of imidazole rings is 1. The molecule has 18 heavy (non-hydrogen) atoms. The molecule has 6 nitrogen and oxygen atoms in total. The molecule has 0 spiro atoms. The van der Waals surface area contributed by atoms with Crippen molar-refractivity contribution < 1.29 is 4.79 Å². The second-order valence-electron chi connectivity index (χ2n) is 4.40. The SMILES string of the molecule is CN1CCC(n2c(N)nc3cc(Cl)cnc32)C1=O. The number of likely N-dealkylation sites (tertiary alicyclic amines) is 1. The minimum absolute atomic E-state index is 0.0396. The third-order valence-electron chi connectivity index (χ3n) is 3.23. The maximum atomic E-state index is 12.0. The molecule has 0 radical (unpaired) electrons. The Bertz CT molecular complexity index is 638. The number of nitrogens with two attached hydrogens (primary N) is 1. The molecule has 1 saturated heterocycles. The molecular formula is C11H12ClN5O. The predicted octanol–water partition coefficient (Wildman–Crippen LogP) is 1.07. The van der Waals surface area contributed by atoms with Gasteiger partial charge >= 0.3 is 0 Å². The third kappa shape index (κ3) is 1.53. The van der Waals surface area contributed by atoms with E-state index in [9.17, 15) is 4.79 Å². The average molecular weight is 266 g/mol. The van der Waals surface area contributed by atoms with Crippen molar-refractivity contribution in [2.24, 2.45) is 0 Å². The van der Waals surface area contributed by atoms with Crippen molar-refractivity contribution in [3.63, 3.8) is 0 Å². The lowest BCUT2D eigenvalue weighted by Crippen LogP contribution is -2.25. The number of rotatable bonds is 1. The van der Waals surface area contributed by atoms with E-state index in [2.05, 4.69) is 9.97 Å². The molecule has 1 atom stereocenters. The zero-order valence-corrected chi connectivity index (χ0v) is 10.6. The van der Waals surface area contributed by atoms with Crippen LogP contribution >= 0.6 is 11.6 Å². The molecule has 7 heteroatoms. The van der Waals surface area contributed by atoms with Crippen LogP contribution in [-0.2, 0) is 4.79 Å². The molecule has 1 fully saturated rings. The van der Waals surface area contributed by atoms with Gasteiger partial charge in [0.25, 0.3) is 0 Å². The van der Waals surface area contributed by atoms with E-state index >= 15 is 0 Å². The normalized spacial score (nSPS) is 20.0. The van der Waals surface area contributed by atoms with E-state index in [1.54, 1.807) is 22.6 Å². The molecule has 1 amide bonds. The molecule has 94 valence electrons. The highest BCUT2D eigenvalue weighted by molar-refractivity contribution is 6.31. The van der Waals surface area contributed by atoms with E-state index in [1.165, 1.54) is 6.20 Å². The van der Waals surface area contributed by atoms with Gasteiger partial charge < -0.3 is 10.6 Å². The van der Waals surface area contributed by atoms with Gasteiger partial charge in [0.2, 0.25) is 11.9 Å². The number of nitrogens with zero attached hydrogens (tertiary/aromatic N) is 4. The van der Waals surface area contributed by atoms with E-state index in [-0.39, 0.29) is 11.9 Å². The van der Waals surface area contributed by atoms with Crippen LogP contribution in [0.1, 0.15) is 12.5 Å². The fraction of sp³-hybridized carbons (Fsp3) is 0.364. The molecular weight excluding hydrogens is 254 g/mol. The molecule has 0 saturated carbocycles. The summed E-state index contributed by atoms with van der Waals surface area (Å²) in [6.07, 6.45) is 2.25. The van der Waals surface area contributed by atoms with Gasteiger partial charge in [0, 0.05) is 19.8 Å². The van der Waals surface area contributed by atoms with Gasteiger partial charge in [-0.3, -0.25) is 9.36 Å². The van der Waals surface area contributed by atoms with Gasteiger partial charge in [0.15, 0.2) is 5.65 Å². The van der Waals surface area contributed by atoms with Gasteiger partial charge in [-0.15, -0.1) is 0 Å². The summed E-state index contributed by atoms with van der Waals surface area (Å²) in [6, 6.07) is 1.38. The maximum Gasteiger partial charge on any atom is 0.245 e. The molecule has 1 unspecified atom stereocenters. The minimum atomic E-state index is -0.311. The zero-order chi connectivity index (χ0) is 12.9. The van der Waals surface area contributed by atoms with Crippen LogP contribution in [0.15, 0.2) is 12.3 Å². The zero-order valence-electron chi connectivity index (χ0n) is 9.80. The van der Waals surface area contributed by atoms with Gasteiger partial charge in [-0.25, -0.2) is 9.97 Å². The summed E-state index contributed by atoms with van der Waals surface area (Å²) in [5.74, 6) is 0.339. The second-order valence-corrected chi connectivity index (χ2v) is 4.84. The van der Waals surface area contributed by atoms with Crippen molar-refractivity contribution >= 4 is 34.6 Å². The van der Waals surface area contributed by atoms with Crippen LogP contribution in [0.3, 0.4) is 0 Å². The number of likely N-dealkylation sites (N-methyl/N-ethyl adjacent to an activating group) is 1. The molecule has 3 rings (SSSR count). The Morgan fingerprint density at radius 2 is 2.33 bits per heavy atom. The lowest BCUT2D eigenvalue weighted by molar-refractivity contribution is -0.129. The Morgan fingerprint density at radius 1 is 1.56 bits per heavy atom. The Morgan fingerprint density at radius 3 is 3.00 bits per heavy atom. The lowest BCUT2D eigenvalue weighted by Gasteiger charge is -2.13. The van der Waals surface area contributed by atoms with Crippen LogP contribution in [0.2, 0.25) is 5.02 Å². The highest BCUT2D eigenvalue weighted by atomic mass is 35.5. The molecule has 0 aliphatic carbocycles. The smallest absolute Gasteiger partial charge is 0.245 e. The van der Waals surface area contributed by atoms with Crippen molar-refractivity contribution in [2.75, 3.05) is 19.3 Å². The van der Waals surface area contributed by atoms with Crippen LogP contribution < -0.4 is 5.73 Å². The molecule has 2 aromatic heterocycles. The number of hydrogen-bond donors (Lipinski definition) is 1. The number of carbonyl (C=O) groups excluding carboxylic acids is 1. The van der Waals surface area contributed by atoms with Crippen molar-refractivity contribution in [1.29, 1.82) is 0 Å². The highest BCUT2D eigenvalue weighted by Gasteiger charge is 2.33. The minimum Gasteiger partial charge on any atom is -0.369 e. The van der Waals surface area contributed by atoms with E-state index in [4.69, 9.17) is 17.3 Å². The maximum absolute atomic E-state index is 12.0. The lowest BCUT2D eigenvalue weighted by atomic mass is 10.2. The standard InChI is InChI=1S/C11H12ClN5O/c1-16-3-2-8(10(16)18)17-9-7(15-11(17)13)4-6(12)5-14-9/h4-5,8H,2-3H2,1H3,(H2,13,15). The summed E-state index contributed by atoms with van der Waals surface area (Å²) < 4.78 is 1.69. The first-order chi connectivity index (χ1) is 8.58. The number of aromatic nitrogens is 3. The van der Waals surface area contributed by atoms with Crippen LogP contribution in [0.5, 0.6) is 0 Å². The van der Waals surface area contributed by atoms with E-state index in [1.807, 2.05) is 0 Å². The Balaban J connectivity index is 2.17. The quantitative estimate of drug-likeness (QED) is 0.837. The van der Waals surface area contributed by atoms with Crippen LogP contribution in [0, 0.1) is 0 Å². The van der Waals surface area contributed by atoms with Crippen molar-refractivity contribution in [3.05, 3.63) is 17.3 Å². The van der Waals surface area contributed by atoms with E-state index < -0.39 is 0 Å². The molecule has 2 aromatic rings. The Labute approximate surface area is 108 Å². The first kappa shape index (κ1) is 11.3. The van der Waals surface area contributed by atoms with Gasteiger partial charge in [0.1, 0.15) is 11.6 Å². The first-order valence-electron chi connectivity index (χ1n) is 5.62. The number of pyridine rings is 1. The van der Waals surface area contributed by atoms with Gasteiger partial charge in [0.05, 0.1) is 5.02 Å². The molecule has 1 aliphatic heterocycles. The molecule has 2 N–H and O–H groups in total. The van der Waals surface area contributed by atoms with Gasteiger partial charge in [-0.05, 0) is 12.5 Å². The number of halogens is 1. The molecule has 1 aliphatic rings. The van der Waals surface area contributed by atoms with Crippen molar-refractivity contribution in [1.82, 2.24) is 19.4 Å². The van der Waals surface area contributed by atoms with Crippen molar-refractivity contribution in [2.45, 2.75) is 12.5 Å². The third-order valence-corrected chi connectivity index (χ3v) is 3.44. The number of fused-ring (bicyclic) bond motifs is 1.